The van der Waals surface area contributed by atoms with Crippen LogP contribution in [-0.4, -0.2) is 68.5 Å². The van der Waals surface area contributed by atoms with Crippen LogP contribution in [0.5, 0.6) is 0 Å². The minimum atomic E-state index is -4.58. The van der Waals surface area contributed by atoms with Crippen molar-refractivity contribution in [3.05, 3.63) is 0 Å². The van der Waals surface area contributed by atoms with Gasteiger partial charge in [0.25, 0.3) is 7.82 Å². The van der Waals surface area contributed by atoms with Gasteiger partial charge in [-0.1, -0.05) is 425 Å². The summed E-state index contributed by atoms with van der Waals surface area (Å²) in [6.07, 6.45) is 89.5. The van der Waals surface area contributed by atoms with E-state index in [1.807, 2.05) is 21.1 Å². The molecule has 0 aliphatic rings. The summed E-state index contributed by atoms with van der Waals surface area (Å²) >= 11 is 0. The molecule has 0 saturated heterocycles. The number of phosphoric ester groups is 1. The van der Waals surface area contributed by atoms with Crippen molar-refractivity contribution < 1.29 is 32.9 Å². The largest absolute Gasteiger partial charge is 0.756 e. The highest BCUT2D eigenvalue weighted by Crippen LogP contribution is 2.38. The number of likely N-dealkylation sites (N-methyl/N-ethyl adjacent to an activating group) is 1. The predicted molar refractivity (Wildman–Crippen MR) is 381 cm³/mol. The molecule has 3 atom stereocenters. The van der Waals surface area contributed by atoms with Gasteiger partial charge in [-0.2, -0.15) is 0 Å². The zero-order valence-electron chi connectivity index (χ0n) is 60.0. The quantitative estimate of drug-likeness (QED) is 0.0357. The molecule has 0 rings (SSSR count). The number of phosphoric acid groups is 1. The highest BCUT2D eigenvalue weighted by molar-refractivity contribution is 7.45. The number of carbonyl (C=O) groups excluding carboxylic acids is 1. The first kappa shape index (κ1) is 86.5. The summed E-state index contributed by atoms with van der Waals surface area (Å²) in [6.45, 7) is 4.81. The number of nitrogens with one attached hydrogen (secondary N) is 1. The van der Waals surface area contributed by atoms with Crippen molar-refractivity contribution in [1.82, 2.24) is 5.32 Å². The number of quaternary nitrogens is 1. The van der Waals surface area contributed by atoms with Gasteiger partial charge in [0, 0.05) is 6.42 Å². The van der Waals surface area contributed by atoms with Crippen LogP contribution >= 0.6 is 7.82 Å². The second-order valence-electron chi connectivity index (χ2n) is 29.1. The molecule has 0 aromatic heterocycles. The minimum absolute atomic E-state index is 0.0171. The lowest BCUT2D eigenvalue weighted by Gasteiger charge is -2.30. The molecule has 0 bridgehead atoms. The van der Waals surface area contributed by atoms with E-state index in [1.165, 1.54) is 379 Å². The number of hydrogen-bond acceptors (Lipinski definition) is 6. The van der Waals surface area contributed by atoms with Gasteiger partial charge in [-0.25, -0.2) is 0 Å². The number of unbranched alkanes of at least 4 members (excludes halogenated alkanes) is 63. The summed E-state index contributed by atoms with van der Waals surface area (Å²) in [6, 6.07) is -0.798. The first-order valence-corrected chi connectivity index (χ1v) is 41.3. The highest BCUT2D eigenvalue weighted by atomic mass is 31.2. The van der Waals surface area contributed by atoms with Gasteiger partial charge in [-0.15, -0.1) is 0 Å². The van der Waals surface area contributed by atoms with Crippen molar-refractivity contribution in [3.63, 3.8) is 0 Å². The first-order valence-electron chi connectivity index (χ1n) is 39.9. The Morgan fingerprint density at radius 2 is 0.563 bits per heavy atom. The Morgan fingerprint density at radius 3 is 0.782 bits per heavy atom. The number of aliphatic hydroxyl groups excluding tert-OH is 1. The van der Waals surface area contributed by atoms with Gasteiger partial charge in [0.05, 0.1) is 39.9 Å². The van der Waals surface area contributed by atoms with Crippen LogP contribution in [-0.2, 0) is 18.4 Å². The lowest BCUT2D eigenvalue weighted by Crippen LogP contribution is -2.46. The lowest BCUT2D eigenvalue weighted by molar-refractivity contribution is -0.870. The third kappa shape index (κ3) is 72.8. The van der Waals surface area contributed by atoms with Crippen LogP contribution in [0, 0.1) is 0 Å². The Balaban J connectivity index is 3.86. The topological polar surface area (TPSA) is 108 Å². The molecule has 0 radical (unpaired) electrons. The zero-order chi connectivity index (χ0) is 63.4. The molecule has 0 aliphatic heterocycles. The van der Waals surface area contributed by atoms with Crippen LogP contribution in [0.3, 0.4) is 0 Å². The van der Waals surface area contributed by atoms with E-state index in [4.69, 9.17) is 9.05 Å². The summed E-state index contributed by atoms with van der Waals surface area (Å²) in [7, 11) is 1.33. The Labute approximate surface area is 546 Å². The number of nitrogens with zero attached hydrogens (tertiary/aromatic N) is 1. The number of carbonyl (C=O) groups is 1. The Hall–Kier alpha value is -0.500. The fourth-order valence-corrected chi connectivity index (χ4v) is 13.7. The molecule has 1 amide bonds. The number of amides is 1. The predicted octanol–water partition coefficient (Wildman–Crippen LogP) is 25.2. The summed E-state index contributed by atoms with van der Waals surface area (Å²) in [4.78, 5) is 25.7. The molecule has 0 spiro atoms. The molecular formula is C78H159N2O6P. The van der Waals surface area contributed by atoms with Crippen LogP contribution in [0.4, 0.5) is 0 Å². The van der Waals surface area contributed by atoms with Crippen molar-refractivity contribution in [1.29, 1.82) is 0 Å². The SMILES string of the molecule is CCCCCCCCCCCCCCCCCCCCCCCCCCCCCCCCCCCCCCCCCC(=O)NC(COP(=O)([O-])OCC[N+](C)(C)C)C(O)CCCCCCCCCCCCCCCCCCCCCCCCCCCC. The Kier molecular flexibility index (Phi) is 69.4. The van der Waals surface area contributed by atoms with Gasteiger partial charge in [-0.3, -0.25) is 9.36 Å². The molecule has 87 heavy (non-hydrogen) atoms. The van der Waals surface area contributed by atoms with E-state index >= 15 is 0 Å². The zero-order valence-corrected chi connectivity index (χ0v) is 60.9. The van der Waals surface area contributed by atoms with E-state index in [1.54, 1.807) is 0 Å². The van der Waals surface area contributed by atoms with Crippen molar-refractivity contribution in [3.8, 4) is 0 Å². The molecule has 522 valence electrons. The maximum atomic E-state index is 13.1. The smallest absolute Gasteiger partial charge is 0.268 e. The molecular weight excluding hydrogens is 1090 g/mol. The highest BCUT2D eigenvalue weighted by Gasteiger charge is 2.24. The molecule has 0 heterocycles. The van der Waals surface area contributed by atoms with Crippen molar-refractivity contribution in [2.45, 2.75) is 456 Å². The average molecular weight is 1250 g/mol. The number of hydrogen-bond donors (Lipinski definition) is 2. The fourth-order valence-electron chi connectivity index (χ4n) is 12.9. The molecule has 0 aromatic rings. The van der Waals surface area contributed by atoms with E-state index in [0.717, 1.165) is 38.5 Å². The summed E-state index contributed by atoms with van der Waals surface area (Å²) in [5.41, 5.74) is 0. The van der Waals surface area contributed by atoms with E-state index < -0.39 is 20.0 Å². The molecule has 0 aromatic carbocycles. The standard InChI is InChI=1S/C78H159N2O6P/c1-6-8-10-12-14-16-18-20-22-24-26-28-30-32-34-35-36-37-38-39-40-41-42-43-44-45-46-48-50-52-54-56-58-60-62-64-66-68-70-72-78(82)79-76(75-86-87(83,84)85-74-73-80(3,4)5)77(81)71-69-67-65-63-61-59-57-55-53-51-49-47-33-31-29-27-25-23-21-19-17-15-13-11-9-7-2/h76-77,81H,6-75H2,1-5H3,(H-,79,82,83,84). The van der Waals surface area contributed by atoms with Gasteiger partial charge < -0.3 is 28.8 Å². The molecule has 0 saturated carbocycles. The summed E-state index contributed by atoms with van der Waals surface area (Å²) in [5.74, 6) is -0.152. The van der Waals surface area contributed by atoms with Gasteiger partial charge >= 0.3 is 0 Å². The van der Waals surface area contributed by atoms with Crippen molar-refractivity contribution in [2.24, 2.45) is 0 Å². The third-order valence-corrected chi connectivity index (χ3v) is 20.1. The van der Waals surface area contributed by atoms with Gasteiger partial charge in [0.2, 0.25) is 5.91 Å². The molecule has 8 nitrogen and oxygen atoms in total. The average Bonchev–Trinajstić information content (AvgIpc) is 3.69. The second kappa shape index (κ2) is 69.8. The van der Waals surface area contributed by atoms with Crippen LogP contribution in [0.25, 0.3) is 0 Å². The van der Waals surface area contributed by atoms with Crippen molar-refractivity contribution >= 4 is 13.7 Å². The monoisotopic (exact) mass is 1250 g/mol. The number of aliphatic hydroxyl groups is 1. The second-order valence-corrected chi connectivity index (χ2v) is 30.6. The maximum absolute atomic E-state index is 13.1. The van der Waals surface area contributed by atoms with Crippen LogP contribution in [0.15, 0.2) is 0 Å². The van der Waals surface area contributed by atoms with Gasteiger partial charge in [-0.05, 0) is 12.8 Å². The molecule has 2 N–H and O–H groups in total. The normalized spacial score (nSPS) is 13.4. The number of rotatable bonds is 76. The van der Waals surface area contributed by atoms with Gasteiger partial charge in [0.1, 0.15) is 13.2 Å². The Bertz CT molecular complexity index is 1380. The minimum Gasteiger partial charge on any atom is -0.756 e. The molecule has 9 heteroatoms. The van der Waals surface area contributed by atoms with E-state index in [2.05, 4.69) is 19.2 Å². The van der Waals surface area contributed by atoms with E-state index in [9.17, 15) is 19.4 Å². The van der Waals surface area contributed by atoms with Crippen LogP contribution in [0.1, 0.15) is 444 Å². The van der Waals surface area contributed by atoms with Crippen LogP contribution < -0.4 is 10.2 Å². The third-order valence-electron chi connectivity index (χ3n) is 19.1. The molecule has 0 fully saturated rings. The Morgan fingerprint density at radius 1 is 0.356 bits per heavy atom. The van der Waals surface area contributed by atoms with E-state index in [-0.39, 0.29) is 19.1 Å². The fraction of sp³-hybridized carbons (Fsp3) is 0.987. The van der Waals surface area contributed by atoms with E-state index in [0.29, 0.717) is 23.9 Å². The lowest BCUT2D eigenvalue weighted by atomic mass is 10.0. The molecule has 0 aliphatic carbocycles. The van der Waals surface area contributed by atoms with Crippen molar-refractivity contribution in [2.75, 3.05) is 40.9 Å². The van der Waals surface area contributed by atoms with Crippen LogP contribution in [0.2, 0.25) is 0 Å². The summed E-state index contributed by atoms with van der Waals surface area (Å²) in [5, 5.41) is 14.1. The first-order chi connectivity index (χ1) is 42.5. The van der Waals surface area contributed by atoms with Gasteiger partial charge in [0.15, 0.2) is 0 Å². The maximum Gasteiger partial charge on any atom is 0.268 e. The molecule has 3 unspecified atom stereocenters. The summed E-state index contributed by atoms with van der Waals surface area (Å²) < 4.78 is 23.6.